The van der Waals surface area contributed by atoms with Gasteiger partial charge in [-0.2, -0.15) is 0 Å². The number of hydrogen-bond donors (Lipinski definition) is 0. The van der Waals surface area contributed by atoms with Crippen LogP contribution >= 0.6 is 31.9 Å². The second kappa shape index (κ2) is 15.4. The molecule has 0 N–H and O–H groups in total. The van der Waals surface area contributed by atoms with E-state index in [0.29, 0.717) is 0 Å². The first-order chi connectivity index (χ1) is 26.9. The van der Waals surface area contributed by atoms with Gasteiger partial charge in [-0.05, 0) is 91.2 Å². The molecule has 0 aliphatic carbocycles. The first-order valence-corrected chi connectivity index (χ1v) is 24.8. The Kier molecular flexibility index (Phi) is 10.6. The van der Waals surface area contributed by atoms with Crippen LogP contribution in [-0.4, -0.2) is 0 Å². The van der Waals surface area contributed by atoms with Crippen molar-refractivity contribution in [2.45, 2.75) is 52.4 Å². The Bertz CT molecular complexity index is 2570. The Hall–Kier alpha value is -4.54. The normalized spacial score (nSPS) is 12.5. The predicted molar refractivity (Wildman–Crippen MR) is 249 cm³/mol. The summed E-state index contributed by atoms with van der Waals surface area (Å²) in [5.74, 6) is 0. The number of rotatable bonds is 7. The van der Waals surface area contributed by atoms with E-state index in [1.54, 1.807) is 0 Å². The molecule has 282 valence electrons. The molecule has 2 heterocycles. The molecule has 0 spiro atoms. The van der Waals surface area contributed by atoms with Crippen LogP contribution in [0.3, 0.4) is 0 Å². The van der Waals surface area contributed by atoms with Crippen molar-refractivity contribution < 1.29 is 16.8 Å². The van der Waals surface area contributed by atoms with Crippen molar-refractivity contribution in [1.82, 2.24) is 0 Å². The highest BCUT2D eigenvalue weighted by Gasteiger charge is 2.28. The Morgan fingerprint density at radius 2 is 0.732 bits per heavy atom. The van der Waals surface area contributed by atoms with E-state index in [-0.39, 0.29) is 27.4 Å². The van der Waals surface area contributed by atoms with Crippen molar-refractivity contribution in [2.24, 2.45) is 0 Å². The fourth-order valence-corrected chi connectivity index (χ4v) is 15.2. The van der Waals surface area contributed by atoms with E-state index in [0.717, 1.165) is 66.1 Å². The van der Waals surface area contributed by atoms with Gasteiger partial charge in [0.25, 0.3) is 0 Å². The standard InChI is InChI=1S/C48H46O4P4/c1-9-31-27-37(45(39(29-31)47(3,4)5)53-55-49-41-23-15-11-19-33(41)34-20-12-16-24-42(34)50-55)38-28-32(10-2)30-40(48(6,7)8)46(38)54-56-51-43-25-17-13-21-35(43)36-22-14-18-26-44(36)52-56/h9-30,53-54H,1-2H2,3-8H3. The maximum Gasteiger partial charge on any atom is 0.241 e. The topological polar surface area (TPSA) is 52.6 Å². The van der Waals surface area contributed by atoms with Crippen LogP contribution < -0.4 is 10.6 Å². The monoisotopic (exact) mass is 810 g/mol. The van der Waals surface area contributed by atoms with Crippen molar-refractivity contribution in [3.8, 4) is 11.1 Å². The summed E-state index contributed by atoms with van der Waals surface area (Å²) < 4.78 is 27.6. The predicted octanol–water partition coefficient (Wildman–Crippen LogP) is 16.0. The summed E-state index contributed by atoms with van der Waals surface area (Å²) in [4.78, 5) is 0. The van der Waals surface area contributed by atoms with Crippen molar-refractivity contribution in [1.29, 1.82) is 0 Å². The van der Waals surface area contributed by atoms with E-state index in [2.05, 4.69) is 152 Å². The molecular formula is C48H46O4P4. The summed E-state index contributed by atoms with van der Waals surface area (Å²) in [5, 5.41) is 6.63. The van der Waals surface area contributed by atoms with Crippen LogP contribution in [0.1, 0.15) is 63.8 Å². The van der Waals surface area contributed by atoms with Gasteiger partial charge >= 0.3 is 0 Å². The van der Waals surface area contributed by atoms with Gasteiger partial charge in [0.1, 0.15) is 22.3 Å². The van der Waals surface area contributed by atoms with Crippen molar-refractivity contribution in [2.75, 3.05) is 0 Å². The highest BCUT2D eigenvalue weighted by atomic mass is 32.0. The molecule has 0 amide bonds. The summed E-state index contributed by atoms with van der Waals surface area (Å²) in [7, 11) is -2.43. The van der Waals surface area contributed by atoms with E-state index in [9.17, 15) is 0 Å². The van der Waals surface area contributed by atoms with E-state index in [1.807, 2.05) is 36.4 Å². The fourth-order valence-electron chi connectivity index (χ4n) is 7.16. The van der Waals surface area contributed by atoms with Crippen molar-refractivity contribution in [3.05, 3.63) is 157 Å². The van der Waals surface area contributed by atoms with Crippen molar-refractivity contribution in [3.63, 3.8) is 0 Å². The zero-order valence-corrected chi connectivity index (χ0v) is 36.4. The van der Waals surface area contributed by atoms with Crippen LogP contribution in [0.2, 0.25) is 0 Å². The quantitative estimate of drug-likeness (QED) is 0.150. The lowest BCUT2D eigenvalue weighted by Crippen LogP contribution is -2.25. The molecule has 2 aromatic heterocycles. The molecule has 0 aliphatic rings. The lowest BCUT2D eigenvalue weighted by molar-refractivity contribution is 0.593. The highest BCUT2D eigenvalue weighted by Crippen LogP contribution is 2.55. The van der Waals surface area contributed by atoms with E-state index in [1.165, 1.54) is 21.7 Å². The van der Waals surface area contributed by atoms with Crippen molar-refractivity contribution >= 4 is 98.6 Å². The molecule has 0 aliphatic heterocycles. The average Bonchev–Trinajstić information content (AvgIpc) is 3.44. The molecule has 6 aromatic carbocycles. The average molecular weight is 811 g/mol. The lowest BCUT2D eigenvalue weighted by Gasteiger charge is -2.29. The Balaban J connectivity index is 1.44. The van der Waals surface area contributed by atoms with Crippen LogP contribution in [0, 0.1) is 0 Å². The SMILES string of the molecule is C=Cc1cc(-c2cc(C=C)cc(C(C)(C)C)c2Pp2oc3ccccc3c3ccccc3o2)c(Pp2oc3ccccc3c3ccccc3o2)c(C(C)(C)C)c1. The Labute approximate surface area is 334 Å². The number of fused-ring (bicyclic) bond motifs is 6. The molecule has 8 heteroatoms. The molecule has 2 atom stereocenters. The van der Waals surface area contributed by atoms with E-state index in [4.69, 9.17) is 16.8 Å². The molecule has 0 bridgehead atoms. The largest absolute Gasteiger partial charge is 0.416 e. The van der Waals surface area contributed by atoms with Crippen LogP contribution in [0.25, 0.3) is 67.2 Å². The van der Waals surface area contributed by atoms with Gasteiger partial charge in [-0.25, -0.2) is 0 Å². The minimum Gasteiger partial charge on any atom is -0.416 e. The van der Waals surface area contributed by atoms with Gasteiger partial charge in [0.15, 0.2) is 0 Å². The minimum atomic E-state index is -1.42. The summed E-state index contributed by atoms with van der Waals surface area (Å²) >= 11 is 0. The van der Waals surface area contributed by atoms with Gasteiger partial charge in [-0.3, -0.25) is 0 Å². The van der Waals surface area contributed by atoms with Crippen LogP contribution in [0.15, 0.2) is 151 Å². The Morgan fingerprint density at radius 3 is 1.00 bits per heavy atom. The maximum absolute atomic E-state index is 6.90. The van der Waals surface area contributed by atoms with E-state index < -0.39 is 15.4 Å². The second-order valence-electron chi connectivity index (χ2n) is 16.0. The smallest absolute Gasteiger partial charge is 0.241 e. The molecular weight excluding hydrogens is 764 g/mol. The van der Waals surface area contributed by atoms with Gasteiger partial charge in [0.05, 0.1) is 0 Å². The summed E-state index contributed by atoms with van der Waals surface area (Å²) in [6.07, 6.45) is 3.92. The summed E-state index contributed by atoms with van der Waals surface area (Å²) in [5.41, 5.74) is 9.90. The fraction of sp³-hybridized carbons (Fsp3) is 0.167. The van der Waals surface area contributed by atoms with Crippen LogP contribution in [0.4, 0.5) is 0 Å². The molecule has 4 nitrogen and oxygen atoms in total. The third kappa shape index (κ3) is 7.62. The summed E-state index contributed by atoms with van der Waals surface area (Å²) in [6.45, 7) is 22.2. The van der Waals surface area contributed by atoms with Crippen LogP contribution in [0.5, 0.6) is 0 Å². The lowest BCUT2D eigenvalue weighted by atomic mass is 9.81. The molecule has 0 radical (unpaired) electrons. The molecule has 0 saturated heterocycles. The molecule has 0 fully saturated rings. The van der Waals surface area contributed by atoms with Gasteiger partial charge in [-0.15, -0.1) is 0 Å². The highest BCUT2D eigenvalue weighted by molar-refractivity contribution is 8.16. The molecule has 2 unspecified atom stereocenters. The van der Waals surface area contributed by atoms with Gasteiger partial charge in [0, 0.05) is 38.1 Å². The zero-order chi connectivity index (χ0) is 39.2. The zero-order valence-electron chi connectivity index (χ0n) is 32.6. The number of benzene rings is 6. The van der Waals surface area contributed by atoms with Gasteiger partial charge in [0.2, 0.25) is 15.4 Å². The molecule has 0 saturated carbocycles. The molecule has 8 aromatic rings. The van der Waals surface area contributed by atoms with Gasteiger partial charge in [-0.1, -0.05) is 152 Å². The minimum absolute atomic E-state index is 0.191. The first kappa shape index (κ1) is 38.3. The summed E-state index contributed by atoms with van der Waals surface area (Å²) in [6, 6.07) is 42.2. The van der Waals surface area contributed by atoms with Gasteiger partial charge < -0.3 is 16.8 Å². The maximum atomic E-state index is 6.90. The third-order valence-electron chi connectivity index (χ3n) is 9.96. The molecule has 8 rings (SSSR count). The Morgan fingerprint density at radius 1 is 0.446 bits per heavy atom. The second-order valence-corrected chi connectivity index (χ2v) is 22.7. The third-order valence-corrected chi connectivity index (χ3v) is 16.8. The number of para-hydroxylation sites is 4. The first-order valence-electron chi connectivity index (χ1n) is 18.8. The number of hydrogen-bond acceptors (Lipinski definition) is 4. The molecule has 56 heavy (non-hydrogen) atoms. The van der Waals surface area contributed by atoms with E-state index >= 15 is 0 Å². The van der Waals surface area contributed by atoms with Crippen LogP contribution in [-0.2, 0) is 10.8 Å².